The lowest BCUT2D eigenvalue weighted by Crippen LogP contribution is -2.47. The number of hydrogen-bond acceptors (Lipinski definition) is 4. The molecule has 0 saturated carbocycles. The molecule has 2 aliphatic rings. The second kappa shape index (κ2) is 6.22. The normalized spacial score (nSPS) is 19.2. The average Bonchev–Trinajstić information content (AvgIpc) is 3.00. The molecule has 1 amide bonds. The Hall–Kier alpha value is -1.44. The van der Waals surface area contributed by atoms with Crippen LogP contribution in [0.15, 0.2) is 18.2 Å². The van der Waals surface area contributed by atoms with E-state index in [0.717, 1.165) is 11.1 Å². The van der Waals surface area contributed by atoms with Crippen LogP contribution in [0.4, 0.5) is 0 Å². The molecule has 1 saturated heterocycles. The molecule has 2 heterocycles. The first-order valence-corrected chi connectivity index (χ1v) is 9.63. The number of benzene rings is 1. The summed E-state index contributed by atoms with van der Waals surface area (Å²) < 4.78 is 30.0. The molecule has 0 spiro atoms. The van der Waals surface area contributed by atoms with Gasteiger partial charge in [-0.2, -0.15) is 0 Å². The number of carbonyl (C=O) groups is 1. The fourth-order valence-corrected chi connectivity index (χ4v) is 3.94. The van der Waals surface area contributed by atoms with Crippen LogP contribution in [0, 0.1) is 0 Å². The predicted molar refractivity (Wildman–Crippen MR) is 86.5 cm³/mol. The van der Waals surface area contributed by atoms with E-state index in [1.807, 2.05) is 23.1 Å². The Labute approximate surface area is 137 Å². The van der Waals surface area contributed by atoms with Crippen LogP contribution in [-0.2, 0) is 28.0 Å². The maximum atomic E-state index is 12.6. The van der Waals surface area contributed by atoms with Gasteiger partial charge in [-0.1, -0.05) is 6.07 Å². The number of carbonyl (C=O) groups excluding carboxylic acids is 1. The summed E-state index contributed by atoms with van der Waals surface area (Å²) >= 11 is 0. The van der Waals surface area contributed by atoms with Gasteiger partial charge in [0.25, 0.3) is 5.91 Å². The van der Waals surface area contributed by atoms with E-state index in [0.29, 0.717) is 44.7 Å². The molecule has 0 aromatic heterocycles. The quantitative estimate of drug-likeness (QED) is 0.831. The molecule has 0 unspecified atom stereocenters. The van der Waals surface area contributed by atoms with E-state index >= 15 is 0 Å². The van der Waals surface area contributed by atoms with E-state index < -0.39 is 10.0 Å². The summed E-state index contributed by atoms with van der Waals surface area (Å²) in [6, 6.07) is 5.70. The van der Waals surface area contributed by atoms with Crippen LogP contribution in [0.3, 0.4) is 0 Å². The lowest BCUT2D eigenvalue weighted by molar-refractivity contribution is 0.0686. The summed E-state index contributed by atoms with van der Waals surface area (Å²) in [5.74, 6) is 0.0140. The number of hydrogen-bond donors (Lipinski definition) is 0. The maximum Gasteiger partial charge on any atom is 0.253 e. The molecule has 3 rings (SSSR count). The van der Waals surface area contributed by atoms with Crippen LogP contribution < -0.4 is 0 Å². The molecule has 0 aliphatic carbocycles. The molecule has 23 heavy (non-hydrogen) atoms. The zero-order valence-corrected chi connectivity index (χ0v) is 14.3. The van der Waals surface area contributed by atoms with Gasteiger partial charge in [0.15, 0.2) is 0 Å². The summed E-state index contributed by atoms with van der Waals surface area (Å²) in [6.07, 6.45) is 2.56. The van der Waals surface area contributed by atoms with Crippen molar-refractivity contribution in [3.8, 4) is 0 Å². The molecular formula is C16H22N2O4S. The Kier molecular flexibility index (Phi) is 4.44. The van der Waals surface area contributed by atoms with Gasteiger partial charge in [0.05, 0.1) is 19.5 Å². The first kappa shape index (κ1) is 16.4. The highest BCUT2D eigenvalue weighted by Crippen LogP contribution is 2.23. The Morgan fingerprint density at radius 3 is 2.52 bits per heavy atom. The molecule has 0 radical (unpaired) electrons. The number of amides is 1. The number of piperidine rings is 1. The number of sulfonamides is 1. The molecule has 1 aromatic rings. The van der Waals surface area contributed by atoms with Crippen molar-refractivity contribution in [3.05, 3.63) is 34.9 Å². The molecule has 0 bridgehead atoms. The fourth-order valence-electron chi connectivity index (χ4n) is 3.19. The van der Waals surface area contributed by atoms with Gasteiger partial charge < -0.3 is 9.64 Å². The third-order valence-electron chi connectivity index (χ3n) is 4.76. The van der Waals surface area contributed by atoms with Crippen LogP contribution >= 0.6 is 0 Å². The van der Waals surface area contributed by atoms with Crippen LogP contribution in [-0.4, -0.2) is 56.0 Å². The molecule has 126 valence electrons. The number of rotatable bonds is 3. The zero-order chi connectivity index (χ0) is 16.6. The number of ether oxygens (including phenoxy) is 1. The van der Waals surface area contributed by atoms with Gasteiger partial charge in [0.1, 0.15) is 0 Å². The Bertz CT molecular complexity index is 709. The van der Waals surface area contributed by atoms with E-state index in [-0.39, 0.29) is 11.9 Å². The van der Waals surface area contributed by atoms with Gasteiger partial charge in [-0.3, -0.25) is 4.79 Å². The van der Waals surface area contributed by atoms with Crippen molar-refractivity contribution in [1.29, 1.82) is 0 Å². The maximum absolute atomic E-state index is 12.6. The molecule has 2 aliphatic heterocycles. The van der Waals surface area contributed by atoms with Gasteiger partial charge in [-0.15, -0.1) is 0 Å². The molecular weight excluding hydrogens is 316 g/mol. The first-order chi connectivity index (χ1) is 10.9. The smallest absolute Gasteiger partial charge is 0.253 e. The number of fused-ring (bicyclic) bond motifs is 1. The van der Waals surface area contributed by atoms with Crippen molar-refractivity contribution in [3.63, 3.8) is 0 Å². The molecule has 0 atom stereocenters. The van der Waals surface area contributed by atoms with Crippen molar-refractivity contribution in [2.45, 2.75) is 32.1 Å². The van der Waals surface area contributed by atoms with E-state index in [1.165, 1.54) is 10.6 Å². The standard InChI is InChI=1S/C16H22N2O4S/c1-17(23(2,20)21)15-5-7-18(8-6-15)16(19)12-3-4-13-10-22-11-14(13)9-12/h3-4,9,15H,5-8,10-11H2,1-2H3. The minimum absolute atomic E-state index is 0.0140. The van der Waals surface area contributed by atoms with Crippen molar-refractivity contribution in [1.82, 2.24) is 9.21 Å². The average molecular weight is 338 g/mol. The molecule has 1 aromatic carbocycles. The van der Waals surface area contributed by atoms with E-state index in [2.05, 4.69) is 0 Å². The van der Waals surface area contributed by atoms with Crippen molar-refractivity contribution >= 4 is 15.9 Å². The third-order valence-corrected chi connectivity index (χ3v) is 6.10. The summed E-state index contributed by atoms with van der Waals surface area (Å²) in [6.45, 7) is 2.35. The van der Waals surface area contributed by atoms with Gasteiger partial charge in [0, 0.05) is 31.7 Å². The van der Waals surface area contributed by atoms with Gasteiger partial charge in [-0.25, -0.2) is 12.7 Å². The predicted octanol–water partition coefficient (Wildman–Crippen LogP) is 1.21. The third kappa shape index (κ3) is 3.41. The van der Waals surface area contributed by atoms with E-state index in [9.17, 15) is 13.2 Å². The van der Waals surface area contributed by atoms with Crippen LogP contribution in [0.5, 0.6) is 0 Å². The Morgan fingerprint density at radius 2 is 1.87 bits per heavy atom. The van der Waals surface area contributed by atoms with E-state index in [4.69, 9.17) is 4.74 Å². The van der Waals surface area contributed by atoms with Gasteiger partial charge in [0.2, 0.25) is 10.0 Å². The highest BCUT2D eigenvalue weighted by molar-refractivity contribution is 7.88. The lowest BCUT2D eigenvalue weighted by Gasteiger charge is -2.35. The minimum Gasteiger partial charge on any atom is -0.372 e. The summed E-state index contributed by atoms with van der Waals surface area (Å²) in [4.78, 5) is 14.4. The molecule has 6 nitrogen and oxygen atoms in total. The van der Waals surface area contributed by atoms with Gasteiger partial charge >= 0.3 is 0 Å². The van der Waals surface area contributed by atoms with Crippen LogP contribution in [0.2, 0.25) is 0 Å². The summed E-state index contributed by atoms with van der Waals surface area (Å²) in [7, 11) is -1.57. The molecule has 7 heteroatoms. The monoisotopic (exact) mass is 338 g/mol. The zero-order valence-electron chi connectivity index (χ0n) is 13.5. The molecule has 1 fully saturated rings. The largest absolute Gasteiger partial charge is 0.372 e. The second-order valence-electron chi connectivity index (χ2n) is 6.28. The Morgan fingerprint density at radius 1 is 1.22 bits per heavy atom. The topological polar surface area (TPSA) is 66.9 Å². The molecule has 0 N–H and O–H groups in total. The van der Waals surface area contributed by atoms with Gasteiger partial charge in [-0.05, 0) is 36.1 Å². The lowest BCUT2D eigenvalue weighted by atomic mass is 10.0. The second-order valence-corrected chi connectivity index (χ2v) is 8.32. The van der Waals surface area contributed by atoms with Crippen LogP contribution in [0.1, 0.15) is 34.3 Å². The summed E-state index contributed by atoms with van der Waals surface area (Å²) in [5, 5.41) is 0. The van der Waals surface area contributed by atoms with Crippen molar-refractivity contribution in [2.75, 3.05) is 26.4 Å². The van der Waals surface area contributed by atoms with Crippen molar-refractivity contribution in [2.24, 2.45) is 0 Å². The summed E-state index contributed by atoms with van der Waals surface area (Å²) in [5.41, 5.74) is 2.92. The highest BCUT2D eigenvalue weighted by atomic mass is 32.2. The van der Waals surface area contributed by atoms with Crippen LogP contribution in [0.25, 0.3) is 0 Å². The number of nitrogens with zero attached hydrogens (tertiary/aromatic N) is 2. The SMILES string of the molecule is CN(C1CCN(C(=O)c2ccc3c(c2)COC3)CC1)S(C)(=O)=O. The minimum atomic E-state index is -3.18. The highest BCUT2D eigenvalue weighted by Gasteiger charge is 2.29. The Balaban J connectivity index is 1.65. The van der Waals surface area contributed by atoms with Crippen molar-refractivity contribution < 1.29 is 17.9 Å². The fraction of sp³-hybridized carbons (Fsp3) is 0.562. The number of likely N-dealkylation sites (tertiary alicyclic amines) is 1. The van der Waals surface area contributed by atoms with E-state index in [1.54, 1.807) is 7.05 Å². The first-order valence-electron chi connectivity index (χ1n) is 7.78.